The third-order valence-corrected chi connectivity index (χ3v) is 4.82. The van der Waals surface area contributed by atoms with Gasteiger partial charge in [0.25, 0.3) is 0 Å². The first-order chi connectivity index (χ1) is 10.1. The van der Waals surface area contributed by atoms with E-state index in [2.05, 4.69) is 31.1 Å². The summed E-state index contributed by atoms with van der Waals surface area (Å²) in [5.74, 6) is 1.55. The average Bonchev–Trinajstić information content (AvgIpc) is 2.51. The number of piperidine rings is 2. The molecule has 0 aliphatic carbocycles. The van der Waals surface area contributed by atoms with Gasteiger partial charge in [-0.3, -0.25) is 0 Å². The molecule has 2 rings (SSSR count). The fraction of sp³-hybridized carbons (Fsp3) is 0.941. The van der Waals surface area contributed by atoms with Gasteiger partial charge >= 0.3 is 6.03 Å². The van der Waals surface area contributed by atoms with Crippen molar-refractivity contribution < 1.29 is 6.22 Å². The molecule has 4 heteroatoms. The number of carbonyl (C=O) groups excluding carboxylic acids is 1. The molecule has 1 N–H and O–H groups in total. The molecule has 0 aromatic carbocycles. The molecule has 0 unspecified atom stereocenters. The SMILES string of the molecule is CC.CC(C)C1CCN(C(=O)NC2CCN(C)CC2)CC1.[HH]. The van der Waals surface area contributed by atoms with Crippen LogP contribution in [-0.2, 0) is 0 Å². The van der Waals surface area contributed by atoms with E-state index in [1.807, 2.05) is 18.7 Å². The highest BCUT2D eigenvalue weighted by molar-refractivity contribution is 5.74. The minimum atomic E-state index is 0. The Balaban J connectivity index is 0.00000141. The van der Waals surface area contributed by atoms with Crippen molar-refractivity contribution in [3.8, 4) is 0 Å². The van der Waals surface area contributed by atoms with Crippen molar-refractivity contribution in [2.75, 3.05) is 33.2 Å². The summed E-state index contributed by atoms with van der Waals surface area (Å²) in [5.41, 5.74) is 0. The van der Waals surface area contributed by atoms with Crippen LogP contribution in [0.15, 0.2) is 0 Å². The minimum Gasteiger partial charge on any atom is -0.335 e. The second-order valence-electron chi connectivity index (χ2n) is 6.60. The lowest BCUT2D eigenvalue weighted by molar-refractivity contribution is 0.148. The molecule has 2 amide bonds. The van der Waals surface area contributed by atoms with Crippen LogP contribution in [0.4, 0.5) is 4.79 Å². The fourth-order valence-corrected chi connectivity index (χ4v) is 3.19. The van der Waals surface area contributed by atoms with Crippen LogP contribution in [-0.4, -0.2) is 55.1 Å². The molecule has 2 heterocycles. The molecule has 0 bridgehead atoms. The number of nitrogens with one attached hydrogen (secondary N) is 1. The number of rotatable bonds is 2. The Labute approximate surface area is 132 Å². The predicted molar refractivity (Wildman–Crippen MR) is 91.6 cm³/mol. The van der Waals surface area contributed by atoms with E-state index in [-0.39, 0.29) is 7.46 Å². The Hall–Kier alpha value is -0.770. The van der Waals surface area contributed by atoms with Gasteiger partial charge in [-0.05, 0) is 57.7 Å². The lowest BCUT2D eigenvalue weighted by Gasteiger charge is -2.36. The van der Waals surface area contributed by atoms with Gasteiger partial charge in [0.1, 0.15) is 0 Å². The monoisotopic (exact) mass is 299 g/mol. The third-order valence-electron chi connectivity index (χ3n) is 4.82. The van der Waals surface area contributed by atoms with E-state index in [1.165, 1.54) is 12.8 Å². The minimum absolute atomic E-state index is 0. The number of likely N-dealkylation sites (tertiary alicyclic amines) is 2. The van der Waals surface area contributed by atoms with Crippen molar-refractivity contribution in [1.82, 2.24) is 15.1 Å². The maximum absolute atomic E-state index is 12.2. The smallest absolute Gasteiger partial charge is 0.317 e. The van der Waals surface area contributed by atoms with E-state index in [4.69, 9.17) is 0 Å². The molecule has 21 heavy (non-hydrogen) atoms. The summed E-state index contributed by atoms with van der Waals surface area (Å²) in [7, 11) is 2.15. The maximum Gasteiger partial charge on any atom is 0.317 e. The van der Waals surface area contributed by atoms with E-state index >= 15 is 0 Å². The number of urea groups is 1. The van der Waals surface area contributed by atoms with Crippen LogP contribution in [0.2, 0.25) is 0 Å². The van der Waals surface area contributed by atoms with E-state index < -0.39 is 0 Å². The topological polar surface area (TPSA) is 35.6 Å². The summed E-state index contributed by atoms with van der Waals surface area (Å²) < 4.78 is 0. The van der Waals surface area contributed by atoms with Crippen LogP contribution in [0.3, 0.4) is 0 Å². The Morgan fingerprint density at radius 3 is 2.05 bits per heavy atom. The maximum atomic E-state index is 12.2. The van der Waals surface area contributed by atoms with Crippen LogP contribution in [0, 0.1) is 11.8 Å². The van der Waals surface area contributed by atoms with Crippen LogP contribution in [0.5, 0.6) is 0 Å². The Kier molecular flexibility index (Phi) is 8.09. The lowest BCUT2D eigenvalue weighted by atomic mass is 9.87. The molecule has 4 nitrogen and oxygen atoms in total. The number of amides is 2. The summed E-state index contributed by atoms with van der Waals surface area (Å²) in [4.78, 5) is 16.6. The second-order valence-corrected chi connectivity index (χ2v) is 6.60. The van der Waals surface area contributed by atoms with E-state index in [9.17, 15) is 4.79 Å². The van der Waals surface area contributed by atoms with Crippen LogP contribution >= 0.6 is 0 Å². The van der Waals surface area contributed by atoms with E-state index in [0.717, 1.165) is 50.9 Å². The molecule has 0 radical (unpaired) electrons. The molecule has 2 saturated heterocycles. The summed E-state index contributed by atoms with van der Waals surface area (Å²) in [5, 5.41) is 3.21. The lowest BCUT2D eigenvalue weighted by Crippen LogP contribution is -2.50. The molecule has 0 saturated carbocycles. The number of nitrogens with zero attached hydrogens (tertiary/aromatic N) is 2. The summed E-state index contributed by atoms with van der Waals surface area (Å²) in [6.07, 6.45) is 4.51. The molecule has 0 aromatic rings. The highest BCUT2D eigenvalue weighted by Crippen LogP contribution is 2.24. The quantitative estimate of drug-likeness (QED) is 0.848. The zero-order valence-corrected chi connectivity index (χ0v) is 14.7. The Morgan fingerprint density at radius 1 is 1.05 bits per heavy atom. The first kappa shape index (κ1) is 18.3. The zero-order valence-electron chi connectivity index (χ0n) is 14.7. The zero-order chi connectivity index (χ0) is 15.8. The van der Waals surface area contributed by atoms with Gasteiger partial charge in [-0.1, -0.05) is 27.7 Å². The van der Waals surface area contributed by atoms with Crippen LogP contribution < -0.4 is 5.32 Å². The average molecular weight is 300 g/mol. The number of hydrogen-bond acceptors (Lipinski definition) is 2. The molecule has 2 fully saturated rings. The van der Waals surface area contributed by atoms with Gasteiger partial charge < -0.3 is 15.1 Å². The van der Waals surface area contributed by atoms with Crippen molar-refractivity contribution in [3.05, 3.63) is 0 Å². The molecule has 2 aliphatic rings. The fourth-order valence-electron chi connectivity index (χ4n) is 3.19. The van der Waals surface area contributed by atoms with E-state index in [1.54, 1.807) is 0 Å². The highest BCUT2D eigenvalue weighted by atomic mass is 16.2. The molecule has 126 valence electrons. The van der Waals surface area contributed by atoms with Gasteiger partial charge in [-0.25, -0.2) is 4.79 Å². The van der Waals surface area contributed by atoms with E-state index in [0.29, 0.717) is 6.04 Å². The second kappa shape index (κ2) is 9.29. The third kappa shape index (κ3) is 5.85. The molecule has 2 aliphatic heterocycles. The molecule has 0 atom stereocenters. The van der Waals surface area contributed by atoms with Gasteiger partial charge in [-0.2, -0.15) is 0 Å². The molecular formula is C17H37N3O. The van der Waals surface area contributed by atoms with Crippen molar-refractivity contribution in [2.45, 2.75) is 59.4 Å². The number of hydrogen-bond donors (Lipinski definition) is 1. The molecule has 0 aromatic heterocycles. The van der Waals surface area contributed by atoms with Gasteiger partial charge in [0.15, 0.2) is 0 Å². The van der Waals surface area contributed by atoms with Gasteiger partial charge in [-0.15, -0.1) is 0 Å². The van der Waals surface area contributed by atoms with Crippen molar-refractivity contribution >= 4 is 6.03 Å². The van der Waals surface area contributed by atoms with Crippen molar-refractivity contribution in [1.29, 1.82) is 0 Å². The highest BCUT2D eigenvalue weighted by Gasteiger charge is 2.26. The van der Waals surface area contributed by atoms with Gasteiger partial charge in [0.05, 0.1) is 0 Å². The van der Waals surface area contributed by atoms with Crippen LogP contribution in [0.25, 0.3) is 0 Å². The first-order valence-electron chi connectivity index (χ1n) is 8.80. The largest absolute Gasteiger partial charge is 0.335 e. The predicted octanol–water partition coefficient (Wildman–Crippen LogP) is 3.43. The van der Waals surface area contributed by atoms with Crippen molar-refractivity contribution in [2.24, 2.45) is 11.8 Å². The molecular weight excluding hydrogens is 262 g/mol. The number of carbonyl (C=O) groups is 1. The van der Waals surface area contributed by atoms with Gasteiger partial charge in [0, 0.05) is 20.6 Å². The summed E-state index contributed by atoms with van der Waals surface area (Å²) in [6.45, 7) is 12.6. The summed E-state index contributed by atoms with van der Waals surface area (Å²) >= 11 is 0. The summed E-state index contributed by atoms with van der Waals surface area (Å²) in [6, 6.07) is 0.545. The molecule has 0 spiro atoms. The standard InChI is InChI=1S/C15H29N3O.C2H6.H2/c1-12(2)13-4-10-18(11-5-13)15(19)16-14-6-8-17(3)9-7-14;1-2;/h12-14H,4-11H2,1-3H3,(H,16,19);1-2H3;1H. The Bertz CT molecular complexity index is 296. The van der Waals surface area contributed by atoms with Gasteiger partial charge in [0.2, 0.25) is 0 Å². The normalized spacial score (nSPS) is 21.9. The first-order valence-corrected chi connectivity index (χ1v) is 8.80. The Morgan fingerprint density at radius 2 is 1.57 bits per heavy atom. The van der Waals surface area contributed by atoms with Crippen molar-refractivity contribution in [3.63, 3.8) is 0 Å². The van der Waals surface area contributed by atoms with Crippen LogP contribution in [0.1, 0.15) is 54.8 Å².